The number of hydrogen-bond acceptors (Lipinski definition) is 3. The molecule has 0 saturated carbocycles. The van der Waals surface area contributed by atoms with Gasteiger partial charge >= 0.3 is 0 Å². The van der Waals surface area contributed by atoms with E-state index in [1.165, 1.54) is 0 Å². The Balaban J connectivity index is 2.43. The Bertz CT molecular complexity index is 617. The molecule has 106 valence electrons. The molecular formula is C15H15Br2NO2. The van der Waals surface area contributed by atoms with Gasteiger partial charge in [0.2, 0.25) is 0 Å². The molecular weight excluding hydrogens is 386 g/mol. The van der Waals surface area contributed by atoms with Gasteiger partial charge in [-0.2, -0.15) is 0 Å². The molecule has 0 aliphatic heterocycles. The summed E-state index contributed by atoms with van der Waals surface area (Å²) in [5.41, 5.74) is 8.27. The second-order valence-electron chi connectivity index (χ2n) is 4.26. The molecule has 0 radical (unpaired) electrons. The minimum atomic E-state index is -0.273. The van der Waals surface area contributed by atoms with Crippen LogP contribution in [0.25, 0.3) is 0 Å². The highest BCUT2D eigenvalue weighted by Crippen LogP contribution is 2.34. The number of rotatable bonds is 4. The molecule has 0 amide bonds. The van der Waals surface area contributed by atoms with Crippen molar-refractivity contribution >= 4 is 31.9 Å². The molecule has 0 heterocycles. The Hall–Kier alpha value is -1.04. The minimum Gasteiger partial charge on any atom is -0.496 e. The van der Waals surface area contributed by atoms with Gasteiger partial charge in [0.1, 0.15) is 11.5 Å². The molecule has 2 aromatic carbocycles. The number of nitrogens with two attached hydrogens (primary N) is 1. The van der Waals surface area contributed by atoms with Crippen LogP contribution in [0.15, 0.2) is 45.3 Å². The lowest BCUT2D eigenvalue weighted by atomic mass is 9.98. The van der Waals surface area contributed by atoms with Crippen LogP contribution in [0.3, 0.4) is 0 Å². The molecule has 0 aliphatic rings. The van der Waals surface area contributed by atoms with Gasteiger partial charge in [0.25, 0.3) is 0 Å². The fourth-order valence-corrected chi connectivity index (χ4v) is 2.94. The first-order chi connectivity index (χ1) is 9.56. The van der Waals surface area contributed by atoms with Gasteiger partial charge in [-0.05, 0) is 51.8 Å². The van der Waals surface area contributed by atoms with Crippen molar-refractivity contribution in [3.8, 4) is 11.5 Å². The van der Waals surface area contributed by atoms with Crippen LogP contribution >= 0.6 is 31.9 Å². The average Bonchev–Trinajstić information content (AvgIpc) is 2.46. The molecule has 3 nitrogen and oxygen atoms in total. The van der Waals surface area contributed by atoms with Crippen LogP contribution < -0.4 is 15.2 Å². The first kappa shape index (κ1) is 15.4. The average molecular weight is 401 g/mol. The molecule has 5 heteroatoms. The van der Waals surface area contributed by atoms with Crippen LogP contribution in [0.1, 0.15) is 17.2 Å². The van der Waals surface area contributed by atoms with Crippen LogP contribution in [0, 0.1) is 0 Å². The zero-order chi connectivity index (χ0) is 14.7. The SMILES string of the molecule is COc1ccc(C(N)c2cc(Br)ccc2OC)cc1Br. The topological polar surface area (TPSA) is 44.5 Å². The molecule has 0 fully saturated rings. The number of methoxy groups -OCH3 is 2. The Kier molecular flexibility index (Phi) is 5.07. The zero-order valence-corrected chi connectivity index (χ0v) is 14.4. The molecule has 2 rings (SSSR count). The highest BCUT2D eigenvalue weighted by atomic mass is 79.9. The van der Waals surface area contributed by atoms with Gasteiger partial charge in [0.05, 0.1) is 24.7 Å². The molecule has 1 unspecified atom stereocenters. The summed E-state index contributed by atoms with van der Waals surface area (Å²) in [7, 11) is 3.28. The fraction of sp³-hybridized carbons (Fsp3) is 0.200. The van der Waals surface area contributed by atoms with Gasteiger partial charge in [0.15, 0.2) is 0 Å². The number of halogens is 2. The maximum Gasteiger partial charge on any atom is 0.133 e. The van der Waals surface area contributed by atoms with E-state index in [1.54, 1.807) is 14.2 Å². The Morgan fingerprint density at radius 3 is 2.20 bits per heavy atom. The van der Waals surface area contributed by atoms with E-state index in [2.05, 4.69) is 31.9 Å². The predicted molar refractivity (Wildman–Crippen MR) is 87.4 cm³/mol. The van der Waals surface area contributed by atoms with Gasteiger partial charge in [-0.25, -0.2) is 0 Å². The van der Waals surface area contributed by atoms with E-state index >= 15 is 0 Å². The van der Waals surface area contributed by atoms with E-state index in [-0.39, 0.29) is 6.04 Å². The highest BCUT2D eigenvalue weighted by molar-refractivity contribution is 9.10. The van der Waals surface area contributed by atoms with Crippen molar-refractivity contribution in [1.29, 1.82) is 0 Å². The Morgan fingerprint density at radius 2 is 1.60 bits per heavy atom. The standard InChI is InChI=1S/C15H15Br2NO2/c1-19-13-6-4-10(16)8-11(13)15(18)9-3-5-14(20-2)12(17)7-9/h3-8,15H,18H2,1-2H3. The van der Waals surface area contributed by atoms with Crippen molar-refractivity contribution in [2.45, 2.75) is 6.04 Å². The summed E-state index contributed by atoms with van der Waals surface area (Å²) in [5, 5.41) is 0. The summed E-state index contributed by atoms with van der Waals surface area (Å²) in [4.78, 5) is 0. The Labute approximate surface area is 135 Å². The molecule has 2 N–H and O–H groups in total. The largest absolute Gasteiger partial charge is 0.496 e. The maximum absolute atomic E-state index is 6.36. The van der Waals surface area contributed by atoms with Crippen LogP contribution in [0.2, 0.25) is 0 Å². The van der Waals surface area contributed by atoms with Crippen molar-refractivity contribution in [3.63, 3.8) is 0 Å². The number of hydrogen-bond donors (Lipinski definition) is 1. The van der Waals surface area contributed by atoms with Crippen molar-refractivity contribution in [3.05, 3.63) is 56.5 Å². The third kappa shape index (κ3) is 3.16. The van der Waals surface area contributed by atoms with E-state index in [1.807, 2.05) is 36.4 Å². The molecule has 0 aliphatic carbocycles. The van der Waals surface area contributed by atoms with Crippen molar-refractivity contribution < 1.29 is 9.47 Å². The van der Waals surface area contributed by atoms with Crippen molar-refractivity contribution in [2.75, 3.05) is 14.2 Å². The van der Waals surface area contributed by atoms with Crippen LogP contribution in [0.4, 0.5) is 0 Å². The van der Waals surface area contributed by atoms with E-state index in [0.717, 1.165) is 31.6 Å². The van der Waals surface area contributed by atoms with Crippen LogP contribution in [-0.2, 0) is 0 Å². The highest BCUT2D eigenvalue weighted by Gasteiger charge is 2.16. The lowest BCUT2D eigenvalue weighted by Gasteiger charge is -2.17. The molecule has 20 heavy (non-hydrogen) atoms. The number of benzene rings is 2. The molecule has 0 bridgehead atoms. The Morgan fingerprint density at radius 1 is 0.950 bits per heavy atom. The third-order valence-electron chi connectivity index (χ3n) is 3.06. The molecule has 0 saturated heterocycles. The predicted octanol–water partition coefficient (Wildman–Crippen LogP) is 4.28. The molecule has 0 spiro atoms. The number of ether oxygens (including phenoxy) is 2. The second-order valence-corrected chi connectivity index (χ2v) is 6.03. The van der Waals surface area contributed by atoms with E-state index in [4.69, 9.17) is 15.2 Å². The van der Waals surface area contributed by atoms with Crippen molar-refractivity contribution in [1.82, 2.24) is 0 Å². The fourth-order valence-electron chi connectivity index (χ4n) is 2.00. The van der Waals surface area contributed by atoms with Crippen LogP contribution in [0.5, 0.6) is 11.5 Å². The summed E-state index contributed by atoms with van der Waals surface area (Å²) in [6.07, 6.45) is 0. The van der Waals surface area contributed by atoms with Gasteiger partial charge in [-0.1, -0.05) is 22.0 Å². The maximum atomic E-state index is 6.36. The van der Waals surface area contributed by atoms with Gasteiger partial charge in [-0.3, -0.25) is 0 Å². The summed E-state index contributed by atoms with van der Waals surface area (Å²) in [6, 6.07) is 11.3. The van der Waals surface area contributed by atoms with Gasteiger partial charge < -0.3 is 15.2 Å². The summed E-state index contributed by atoms with van der Waals surface area (Å²) < 4.78 is 12.5. The molecule has 1 atom stereocenters. The quantitative estimate of drug-likeness (QED) is 0.832. The van der Waals surface area contributed by atoms with Gasteiger partial charge in [0, 0.05) is 10.0 Å². The zero-order valence-electron chi connectivity index (χ0n) is 11.2. The normalized spacial score (nSPS) is 12.1. The third-order valence-corrected chi connectivity index (χ3v) is 4.17. The minimum absolute atomic E-state index is 0.273. The molecule has 2 aromatic rings. The second kappa shape index (κ2) is 6.61. The summed E-state index contributed by atoms with van der Waals surface area (Å²) in [5.74, 6) is 1.55. The monoisotopic (exact) mass is 399 g/mol. The van der Waals surface area contributed by atoms with Gasteiger partial charge in [-0.15, -0.1) is 0 Å². The van der Waals surface area contributed by atoms with E-state index < -0.39 is 0 Å². The van der Waals surface area contributed by atoms with Crippen LogP contribution in [-0.4, -0.2) is 14.2 Å². The first-order valence-corrected chi connectivity index (χ1v) is 7.58. The first-order valence-electron chi connectivity index (χ1n) is 5.99. The molecule has 0 aromatic heterocycles. The lowest BCUT2D eigenvalue weighted by Crippen LogP contribution is -2.13. The van der Waals surface area contributed by atoms with E-state index in [0.29, 0.717) is 0 Å². The summed E-state index contributed by atoms with van der Waals surface area (Å²) in [6.45, 7) is 0. The van der Waals surface area contributed by atoms with Crippen molar-refractivity contribution in [2.24, 2.45) is 5.73 Å². The van der Waals surface area contributed by atoms with E-state index in [9.17, 15) is 0 Å². The lowest BCUT2D eigenvalue weighted by molar-refractivity contribution is 0.407. The smallest absolute Gasteiger partial charge is 0.133 e. The summed E-state index contributed by atoms with van der Waals surface area (Å²) >= 11 is 6.94.